The fourth-order valence-corrected chi connectivity index (χ4v) is 1.48. The molecule has 0 bridgehead atoms. The van der Waals surface area contributed by atoms with Crippen molar-refractivity contribution in [2.75, 3.05) is 0 Å². The summed E-state index contributed by atoms with van der Waals surface area (Å²) in [4.78, 5) is 14.6. The lowest BCUT2D eigenvalue weighted by atomic mass is 10.1. The molecule has 1 unspecified atom stereocenters. The number of carbonyl (C=O) groups excluding carboxylic acids is 1. The Kier molecular flexibility index (Phi) is 4.26. The van der Waals surface area contributed by atoms with E-state index in [0.717, 1.165) is 6.42 Å². The summed E-state index contributed by atoms with van der Waals surface area (Å²) in [5, 5.41) is 11.4. The third-order valence-electron chi connectivity index (χ3n) is 2.40. The third kappa shape index (κ3) is 2.70. The molecule has 0 aliphatic carbocycles. The van der Waals surface area contributed by atoms with Crippen LogP contribution in [0.3, 0.4) is 0 Å². The van der Waals surface area contributed by atoms with E-state index in [9.17, 15) is 4.79 Å². The maximum atomic E-state index is 11.8. The molecule has 1 aromatic rings. The largest absolute Gasteiger partial charge is 0.347 e. The van der Waals surface area contributed by atoms with E-state index in [2.05, 4.69) is 10.3 Å². The highest BCUT2D eigenvalue weighted by Gasteiger charge is 2.14. The van der Waals surface area contributed by atoms with Crippen LogP contribution in [0.2, 0.25) is 0 Å². The molecular formula is C10H14N4OS. The standard InChI is InChI=1S/C10H14N4OS/c1-3-7(4-5-11)13-9(15)8-6-12-10(16)14(8)2/h6-7H,3-4H2,1-2H3,(H,12,16)(H,13,15). The molecule has 0 aliphatic rings. The van der Waals surface area contributed by atoms with Crippen molar-refractivity contribution < 1.29 is 4.79 Å². The molecule has 5 nitrogen and oxygen atoms in total. The van der Waals surface area contributed by atoms with Gasteiger partial charge in [-0.15, -0.1) is 0 Å². The molecule has 0 saturated heterocycles. The van der Waals surface area contributed by atoms with Gasteiger partial charge in [-0.05, 0) is 18.6 Å². The molecular weight excluding hydrogens is 224 g/mol. The third-order valence-corrected chi connectivity index (χ3v) is 2.79. The van der Waals surface area contributed by atoms with Gasteiger partial charge in [-0.2, -0.15) is 5.26 Å². The van der Waals surface area contributed by atoms with Gasteiger partial charge in [0.05, 0.1) is 12.5 Å². The number of amides is 1. The zero-order chi connectivity index (χ0) is 12.1. The van der Waals surface area contributed by atoms with E-state index in [4.69, 9.17) is 17.5 Å². The molecule has 1 atom stereocenters. The molecule has 0 spiro atoms. The monoisotopic (exact) mass is 238 g/mol. The number of nitrogens with zero attached hydrogens (tertiary/aromatic N) is 2. The van der Waals surface area contributed by atoms with E-state index in [1.54, 1.807) is 17.8 Å². The first-order valence-corrected chi connectivity index (χ1v) is 5.43. The predicted octanol–water partition coefficient (Wildman–Crippen LogP) is 1.50. The average molecular weight is 238 g/mol. The molecule has 0 aromatic carbocycles. The lowest BCUT2D eigenvalue weighted by Gasteiger charge is -2.13. The molecule has 1 rings (SSSR count). The molecule has 1 amide bonds. The average Bonchev–Trinajstić information content (AvgIpc) is 2.59. The van der Waals surface area contributed by atoms with Crippen LogP contribution < -0.4 is 5.32 Å². The first-order valence-electron chi connectivity index (χ1n) is 5.02. The Bertz CT molecular complexity index is 468. The van der Waals surface area contributed by atoms with Crippen LogP contribution in [0.4, 0.5) is 0 Å². The molecule has 16 heavy (non-hydrogen) atoms. The van der Waals surface area contributed by atoms with Crippen LogP contribution in [-0.4, -0.2) is 21.5 Å². The molecule has 6 heteroatoms. The van der Waals surface area contributed by atoms with Gasteiger partial charge in [0.15, 0.2) is 4.77 Å². The normalized spacial score (nSPS) is 11.8. The van der Waals surface area contributed by atoms with Gasteiger partial charge >= 0.3 is 0 Å². The van der Waals surface area contributed by atoms with Crippen LogP contribution in [0.25, 0.3) is 0 Å². The predicted molar refractivity (Wildman–Crippen MR) is 62.4 cm³/mol. The summed E-state index contributed by atoms with van der Waals surface area (Å²) in [6.07, 6.45) is 2.61. The van der Waals surface area contributed by atoms with E-state index >= 15 is 0 Å². The number of rotatable bonds is 4. The van der Waals surface area contributed by atoms with Crippen LogP contribution in [0.5, 0.6) is 0 Å². The summed E-state index contributed by atoms with van der Waals surface area (Å²) >= 11 is 4.96. The lowest BCUT2D eigenvalue weighted by molar-refractivity contribution is 0.0928. The number of nitrogens with one attached hydrogen (secondary N) is 2. The topological polar surface area (TPSA) is 73.6 Å². The summed E-state index contributed by atoms with van der Waals surface area (Å²) in [5.74, 6) is -0.211. The van der Waals surface area contributed by atoms with Gasteiger partial charge in [-0.1, -0.05) is 6.92 Å². The number of hydrogen-bond donors (Lipinski definition) is 2. The van der Waals surface area contributed by atoms with Crippen molar-refractivity contribution >= 4 is 18.1 Å². The van der Waals surface area contributed by atoms with Gasteiger partial charge in [0.1, 0.15) is 5.69 Å². The van der Waals surface area contributed by atoms with E-state index in [1.807, 2.05) is 13.0 Å². The molecule has 2 N–H and O–H groups in total. The lowest BCUT2D eigenvalue weighted by Crippen LogP contribution is -2.35. The first kappa shape index (κ1) is 12.5. The minimum atomic E-state index is -0.211. The second kappa shape index (κ2) is 5.47. The van der Waals surface area contributed by atoms with Crippen LogP contribution in [-0.2, 0) is 7.05 Å². The van der Waals surface area contributed by atoms with Crippen LogP contribution in [0, 0.1) is 16.1 Å². The smallest absolute Gasteiger partial charge is 0.269 e. The summed E-state index contributed by atoms with van der Waals surface area (Å²) in [6, 6.07) is 1.94. The molecule has 0 saturated carbocycles. The number of aromatic amines is 1. The van der Waals surface area contributed by atoms with Crippen molar-refractivity contribution in [1.29, 1.82) is 5.26 Å². The number of aromatic nitrogens is 2. The second-order valence-electron chi connectivity index (χ2n) is 3.48. The van der Waals surface area contributed by atoms with Gasteiger partial charge in [-0.25, -0.2) is 0 Å². The summed E-state index contributed by atoms with van der Waals surface area (Å²) in [7, 11) is 1.72. The maximum Gasteiger partial charge on any atom is 0.269 e. The quantitative estimate of drug-likeness (QED) is 0.781. The van der Waals surface area contributed by atoms with Crippen molar-refractivity contribution in [2.24, 2.45) is 7.05 Å². The van der Waals surface area contributed by atoms with Crippen molar-refractivity contribution in [1.82, 2.24) is 14.9 Å². The zero-order valence-electron chi connectivity index (χ0n) is 9.28. The number of imidazole rings is 1. The summed E-state index contributed by atoms with van der Waals surface area (Å²) in [5.41, 5.74) is 0.474. The molecule has 0 radical (unpaired) electrons. The Morgan fingerprint density at radius 2 is 2.50 bits per heavy atom. The van der Waals surface area contributed by atoms with Crippen LogP contribution >= 0.6 is 12.2 Å². The number of hydrogen-bond acceptors (Lipinski definition) is 3. The summed E-state index contributed by atoms with van der Waals surface area (Å²) < 4.78 is 2.10. The van der Waals surface area contributed by atoms with Crippen molar-refractivity contribution in [2.45, 2.75) is 25.8 Å². The van der Waals surface area contributed by atoms with E-state index in [0.29, 0.717) is 16.9 Å². The van der Waals surface area contributed by atoms with Crippen molar-refractivity contribution in [3.63, 3.8) is 0 Å². The molecule has 0 fully saturated rings. The van der Waals surface area contributed by atoms with Crippen molar-refractivity contribution in [3.05, 3.63) is 16.7 Å². The molecule has 1 aromatic heterocycles. The molecule has 86 valence electrons. The fourth-order valence-electron chi connectivity index (χ4n) is 1.32. The Balaban J connectivity index is 2.76. The minimum absolute atomic E-state index is 0.110. The van der Waals surface area contributed by atoms with Gasteiger partial charge in [0.2, 0.25) is 0 Å². The number of nitriles is 1. The maximum absolute atomic E-state index is 11.8. The number of carbonyl (C=O) groups is 1. The Morgan fingerprint density at radius 3 is 2.94 bits per heavy atom. The molecule has 1 heterocycles. The highest BCUT2D eigenvalue weighted by atomic mass is 32.1. The second-order valence-corrected chi connectivity index (χ2v) is 3.87. The van der Waals surface area contributed by atoms with Crippen LogP contribution in [0.1, 0.15) is 30.3 Å². The highest BCUT2D eigenvalue weighted by molar-refractivity contribution is 7.71. The van der Waals surface area contributed by atoms with Gasteiger partial charge in [-0.3, -0.25) is 4.79 Å². The minimum Gasteiger partial charge on any atom is -0.347 e. The fraction of sp³-hybridized carbons (Fsp3) is 0.500. The van der Waals surface area contributed by atoms with Crippen molar-refractivity contribution in [3.8, 4) is 6.07 Å². The van der Waals surface area contributed by atoms with Gasteiger partial charge in [0, 0.05) is 19.3 Å². The SMILES string of the molecule is CCC(CC#N)NC(=O)c1c[nH]c(=S)n1C. The van der Waals surface area contributed by atoms with E-state index in [-0.39, 0.29) is 11.9 Å². The highest BCUT2D eigenvalue weighted by Crippen LogP contribution is 2.02. The van der Waals surface area contributed by atoms with Gasteiger partial charge in [0.25, 0.3) is 5.91 Å². The Hall–Kier alpha value is -1.61. The van der Waals surface area contributed by atoms with Crippen LogP contribution in [0.15, 0.2) is 6.20 Å². The number of H-pyrrole nitrogens is 1. The zero-order valence-corrected chi connectivity index (χ0v) is 10.1. The van der Waals surface area contributed by atoms with Gasteiger partial charge < -0.3 is 14.9 Å². The van der Waals surface area contributed by atoms with E-state index < -0.39 is 0 Å². The summed E-state index contributed by atoms with van der Waals surface area (Å²) in [6.45, 7) is 1.93. The molecule has 0 aliphatic heterocycles. The van der Waals surface area contributed by atoms with E-state index in [1.165, 1.54) is 0 Å². The Labute approximate surface area is 99.1 Å². The first-order chi connectivity index (χ1) is 7.60. The Morgan fingerprint density at radius 1 is 1.81 bits per heavy atom.